The van der Waals surface area contributed by atoms with Crippen molar-refractivity contribution in [2.75, 3.05) is 7.11 Å². The summed E-state index contributed by atoms with van der Waals surface area (Å²) in [5.41, 5.74) is 1.64. The topological polar surface area (TPSA) is 82.3 Å². The first-order valence-electron chi connectivity index (χ1n) is 7.58. The zero-order chi connectivity index (χ0) is 18.2. The Morgan fingerprint density at radius 3 is 2.72 bits per heavy atom. The van der Waals surface area contributed by atoms with Crippen LogP contribution < -0.4 is 0 Å². The van der Waals surface area contributed by atoms with Gasteiger partial charge in [-0.1, -0.05) is 34.1 Å². The van der Waals surface area contributed by atoms with Crippen molar-refractivity contribution in [2.45, 2.75) is 18.8 Å². The molecule has 6 nitrogen and oxygen atoms in total. The van der Waals surface area contributed by atoms with Gasteiger partial charge < -0.3 is 4.74 Å². The Morgan fingerprint density at radius 1 is 1.36 bits per heavy atom. The molecule has 7 heteroatoms. The molecule has 0 fully saturated rings. The van der Waals surface area contributed by atoms with Gasteiger partial charge in [-0.05, 0) is 42.5 Å². The van der Waals surface area contributed by atoms with Crippen LogP contribution in [0.15, 0.2) is 59.4 Å². The Bertz CT molecular complexity index is 775. The van der Waals surface area contributed by atoms with Gasteiger partial charge in [-0.2, -0.15) is 0 Å². The van der Waals surface area contributed by atoms with Gasteiger partial charge in [0, 0.05) is 22.3 Å². The number of aromatic nitrogens is 1. The van der Waals surface area contributed by atoms with E-state index in [1.165, 1.54) is 19.4 Å². The summed E-state index contributed by atoms with van der Waals surface area (Å²) in [6, 6.07) is 9.44. The van der Waals surface area contributed by atoms with Crippen molar-refractivity contribution in [3.63, 3.8) is 0 Å². The minimum absolute atomic E-state index is 0.00144. The van der Waals surface area contributed by atoms with Gasteiger partial charge in [-0.3, -0.25) is 15.1 Å². The molecular formula is C18H17BrN2O4. The number of hydrogen-bond donors (Lipinski definition) is 0. The minimum Gasteiger partial charge on any atom is -0.466 e. The van der Waals surface area contributed by atoms with Gasteiger partial charge in [0.05, 0.1) is 12.0 Å². The zero-order valence-corrected chi connectivity index (χ0v) is 15.2. The van der Waals surface area contributed by atoms with E-state index in [2.05, 4.69) is 25.7 Å². The van der Waals surface area contributed by atoms with E-state index in [9.17, 15) is 14.9 Å². The zero-order valence-electron chi connectivity index (χ0n) is 13.6. The van der Waals surface area contributed by atoms with Crippen molar-refractivity contribution in [3.05, 3.63) is 80.6 Å². The number of methoxy groups -OCH3 is 1. The van der Waals surface area contributed by atoms with Crippen molar-refractivity contribution >= 4 is 27.6 Å². The van der Waals surface area contributed by atoms with Crippen LogP contribution in [-0.2, 0) is 16.0 Å². The van der Waals surface area contributed by atoms with Crippen molar-refractivity contribution in [1.82, 2.24) is 4.98 Å². The van der Waals surface area contributed by atoms with E-state index in [1.54, 1.807) is 18.3 Å². The monoisotopic (exact) mass is 404 g/mol. The predicted molar refractivity (Wildman–Crippen MR) is 97.3 cm³/mol. The molecule has 0 unspecified atom stereocenters. The first kappa shape index (κ1) is 18.8. The fourth-order valence-electron chi connectivity index (χ4n) is 2.49. The number of carbonyl (C=O) groups excluding carboxylic acids is 1. The van der Waals surface area contributed by atoms with Gasteiger partial charge in [-0.25, -0.2) is 4.79 Å². The molecule has 2 aromatic rings. The number of ether oxygens (including phenoxy) is 1. The number of hydrogen-bond acceptors (Lipinski definition) is 5. The summed E-state index contributed by atoms with van der Waals surface area (Å²) in [4.78, 5) is 25.9. The van der Waals surface area contributed by atoms with Gasteiger partial charge in [-0.15, -0.1) is 0 Å². The Balaban J connectivity index is 2.28. The molecule has 1 heterocycles. The molecule has 25 heavy (non-hydrogen) atoms. The Hall–Kier alpha value is -2.54. The second-order valence-corrected chi connectivity index (χ2v) is 6.29. The van der Waals surface area contributed by atoms with E-state index < -0.39 is 10.9 Å². The average Bonchev–Trinajstić information content (AvgIpc) is 2.61. The number of nitrogens with zero attached hydrogens (tertiary/aromatic N) is 2. The largest absolute Gasteiger partial charge is 0.466 e. The maximum Gasteiger partial charge on any atom is 0.330 e. The summed E-state index contributed by atoms with van der Waals surface area (Å²) < 4.78 is 5.55. The number of esters is 1. The Labute approximate surface area is 153 Å². The summed E-state index contributed by atoms with van der Waals surface area (Å²) in [6.45, 7) is 0. The van der Waals surface area contributed by atoms with Gasteiger partial charge in [0.2, 0.25) is 0 Å². The summed E-state index contributed by atoms with van der Waals surface area (Å²) in [5, 5.41) is 11.2. The molecule has 0 aliphatic rings. The van der Waals surface area contributed by atoms with Crippen molar-refractivity contribution < 1.29 is 14.5 Å². The summed E-state index contributed by atoms with van der Waals surface area (Å²) in [7, 11) is 1.32. The van der Waals surface area contributed by atoms with Gasteiger partial charge in [0.25, 0.3) is 5.69 Å². The SMILES string of the molecule is COC(=O)/C=C/C[C@H](Cc1ccncc1[N+](=O)[O-])c1ccc(Br)cc1. The predicted octanol–water partition coefficient (Wildman–Crippen LogP) is 4.20. The van der Waals surface area contributed by atoms with Crippen LogP contribution in [0.25, 0.3) is 0 Å². The Morgan fingerprint density at radius 2 is 2.08 bits per heavy atom. The van der Waals surface area contributed by atoms with E-state index in [0.717, 1.165) is 10.0 Å². The highest BCUT2D eigenvalue weighted by atomic mass is 79.9. The van der Waals surface area contributed by atoms with Crippen LogP contribution in [0.2, 0.25) is 0 Å². The quantitative estimate of drug-likeness (QED) is 0.299. The lowest BCUT2D eigenvalue weighted by atomic mass is 9.89. The van der Waals surface area contributed by atoms with Crippen LogP contribution in [0.5, 0.6) is 0 Å². The van der Waals surface area contributed by atoms with Crippen LogP contribution in [0, 0.1) is 10.1 Å². The highest BCUT2D eigenvalue weighted by Gasteiger charge is 2.19. The molecule has 1 aromatic carbocycles. The van der Waals surface area contributed by atoms with Gasteiger partial charge in [0.1, 0.15) is 6.20 Å². The number of allylic oxidation sites excluding steroid dienone is 1. The molecule has 0 amide bonds. The summed E-state index contributed by atoms with van der Waals surface area (Å²) in [5.74, 6) is -0.445. The first-order valence-corrected chi connectivity index (χ1v) is 8.37. The summed E-state index contributed by atoms with van der Waals surface area (Å²) >= 11 is 3.40. The maximum atomic E-state index is 11.3. The molecule has 0 saturated carbocycles. The van der Waals surface area contributed by atoms with Crippen LogP contribution >= 0.6 is 15.9 Å². The molecule has 0 aliphatic carbocycles. The van der Waals surface area contributed by atoms with Crippen LogP contribution in [0.3, 0.4) is 0 Å². The lowest BCUT2D eigenvalue weighted by Gasteiger charge is -2.16. The number of pyridine rings is 1. The fourth-order valence-corrected chi connectivity index (χ4v) is 2.75. The minimum atomic E-state index is -0.426. The van der Waals surface area contributed by atoms with Gasteiger partial charge >= 0.3 is 5.97 Å². The number of halogens is 1. The van der Waals surface area contributed by atoms with E-state index in [0.29, 0.717) is 18.4 Å². The number of nitro groups is 1. The second-order valence-electron chi connectivity index (χ2n) is 5.38. The molecular weight excluding hydrogens is 388 g/mol. The van der Waals surface area contributed by atoms with Crippen LogP contribution in [-0.4, -0.2) is 23.0 Å². The fraction of sp³-hybridized carbons (Fsp3) is 0.222. The Kier molecular flexibility index (Phi) is 6.82. The standard InChI is InChI=1S/C18H17BrN2O4/c1-25-18(22)4-2-3-14(13-5-7-16(19)8-6-13)11-15-9-10-20-12-17(15)21(23)24/h2,4-10,12,14H,3,11H2,1H3/b4-2+/t14-/m1/s1. The normalized spacial score (nSPS) is 12.1. The van der Waals surface area contributed by atoms with E-state index in [4.69, 9.17) is 0 Å². The molecule has 0 radical (unpaired) electrons. The number of carbonyl (C=O) groups is 1. The second kappa shape index (κ2) is 9.08. The molecule has 0 aliphatic heterocycles. The number of rotatable bonds is 7. The van der Waals surface area contributed by atoms with Crippen LogP contribution in [0.1, 0.15) is 23.5 Å². The van der Waals surface area contributed by atoms with Crippen molar-refractivity contribution in [2.24, 2.45) is 0 Å². The molecule has 0 spiro atoms. The molecule has 0 N–H and O–H groups in total. The van der Waals surface area contributed by atoms with E-state index in [-0.39, 0.29) is 11.6 Å². The van der Waals surface area contributed by atoms with Gasteiger partial charge in [0.15, 0.2) is 0 Å². The smallest absolute Gasteiger partial charge is 0.330 e. The summed E-state index contributed by atoms with van der Waals surface area (Å²) in [6.07, 6.45) is 6.92. The van der Waals surface area contributed by atoms with E-state index in [1.807, 2.05) is 24.3 Å². The third-order valence-electron chi connectivity index (χ3n) is 3.77. The highest BCUT2D eigenvalue weighted by molar-refractivity contribution is 9.10. The van der Waals surface area contributed by atoms with E-state index >= 15 is 0 Å². The molecule has 0 saturated heterocycles. The maximum absolute atomic E-state index is 11.3. The molecule has 130 valence electrons. The average molecular weight is 405 g/mol. The third kappa shape index (κ3) is 5.49. The first-order chi connectivity index (χ1) is 12.0. The molecule has 1 atom stereocenters. The third-order valence-corrected chi connectivity index (χ3v) is 4.30. The highest BCUT2D eigenvalue weighted by Crippen LogP contribution is 2.29. The lowest BCUT2D eigenvalue weighted by Crippen LogP contribution is -2.05. The molecule has 1 aromatic heterocycles. The van der Waals surface area contributed by atoms with Crippen molar-refractivity contribution in [1.29, 1.82) is 0 Å². The van der Waals surface area contributed by atoms with Crippen molar-refractivity contribution in [3.8, 4) is 0 Å². The lowest BCUT2D eigenvalue weighted by molar-refractivity contribution is -0.385. The molecule has 0 bridgehead atoms. The molecule has 2 rings (SSSR count). The number of benzene rings is 1. The van der Waals surface area contributed by atoms with Crippen LogP contribution in [0.4, 0.5) is 5.69 Å².